The molecule has 1 aromatic carbocycles. The number of aromatic hydroxyl groups is 1. The average Bonchev–Trinajstić information content (AvgIpc) is 3.20. The van der Waals surface area contributed by atoms with E-state index in [1.54, 1.807) is 31.2 Å². The van der Waals surface area contributed by atoms with E-state index in [1.165, 1.54) is 29.4 Å². The lowest BCUT2D eigenvalue weighted by molar-refractivity contribution is -0.125. The van der Waals surface area contributed by atoms with Gasteiger partial charge in [-0.2, -0.15) is 0 Å². The van der Waals surface area contributed by atoms with Crippen LogP contribution in [0.25, 0.3) is 11.0 Å². The number of halogens is 2. The van der Waals surface area contributed by atoms with Crippen molar-refractivity contribution < 1.29 is 19.1 Å². The minimum absolute atomic E-state index is 0. The fourth-order valence-corrected chi connectivity index (χ4v) is 4.18. The van der Waals surface area contributed by atoms with Gasteiger partial charge in [0.25, 0.3) is 5.91 Å². The van der Waals surface area contributed by atoms with E-state index in [-0.39, 0.29) is 35.7 Å². The number of hydrogen-bond donors (Lipinski definition) is 2. The first-order valence-corrected chi connectivity index (χ1v) is 10.9. The van der Waals surface area contributed by atoms with Crippen LogP contribution in [0.15, 0.2) is 40.9 Å². The van der Waals surface area contributed by atoms with Crippen LogP contribution >= 0.6 is 24.0 Å². The number of pyridine rings is 1. The summed E-state index contributed by atoms with van der Waals surface area (Å²) >= 11 is 5.83. The summed E-state index contributed by atoms with van der Waals surface area (Å²) in [5, 5.41) is 17.1. The zero-order valence-corrected chi connectivity index (χ0v) is 19.9. The number of fused-ring (bicyclic) bond motifs is 1. The van der Waals surface area contributed by atoms with Gasteiger partial charge in [0.1, 0.15) is 17.3 Å². The molecule has 10 heteroatoms. The van der Waals surface area contributed by atoms with Crippen molar-refractivity contribution in [3.63, 3.8) is 0 Å². The van der Waals surface area contributed by atoms with Gasteiger partial charge in [-0.05, 0) is 37.1 Å². The van der Waals surface area contributed by atoms with Crippen LogP contribution in [0.5, 0.6) is 5.75 Å². The monoisotopic (exact) mass is 492 g/mol. The van der Waals surface area contributed by atoms with E-state index in [1.807, 2.05) is 0 Å². The van der Waals surface area contributed by atoms with Crippen LogP contribution in [0.4, 0.5) is 11.5 Å². The first-order chi connectivity index (χ1) is 15.3. The van der Waals surface area contributed by atoms with Crippen LogP contribution in [0.1, 0.15) is 42.7 Å². The number of phenols is 1. The Bertz CT molecular complexity index is 1140. The van der Waals surface area contributed by atoms with Crippen LogP contribution in [-0.4, -0.2) is 41.0 Å². The second-order valence-electron chi connectivity index (χ2n) is 8.14. The van der Waals surface area contributed by atoms with Crippen LogP contribution in [0, 0.1) is 5.92 Å². The molecule has 0 unspecified atom stereocenters. The van der Waals surface area contributed by atoms with Crippen molar-refractivity contribution >= 4 is 58.3 Å². The van der Waals surface area contributed by atoms with Crippen LogP contribution < -0.4 is 10.3 Å². The number of hydrogen-bond acceptors (Lipinski definition) is 6. The number of amides is 2. The minimum Gasteiger partial charge on any atom is -0.508 e. The molecule has 0 saturated heterocycles. The van der Waals surface area contributed by atoms with E-state index in [0.717, 1.165) is 32.1 Å². The van der Waals surface area contributed by atoms with Gasteiger partial charge in [-0.3, -0.25) is 9.59 Å². The fraction of sp³-hybridized carbons (Fsp3) is 0.348. The minimum atomic E-state index is -0.503. The molecule has 0 bridgehead atoms. The van der Waals surface area contributed by atoms with Crippen LogP contribution in [-0.2, 0) is 4.79 Å². The molecule has 33 heavy (non-hydrogen) atoms. The largest absolute Gasteiger partial charge is 0.508 e. The van der Waals surface area contributed by atoms with E-state index in [9.17, 15) is 14.7 Å². The highest BCUT2D eigenvalue weighted by atomic mass is 35.5. The number of carbonyl (C=O) groups is 2. The summed E-state index contributed by atoms with van der Waals surface area (Å²) in [4.78, 5) is 30.1. The summed E-state index contributed by atoms with van der Waals surface area (Å²) in [6.45, 7) is 0. The maximum absolute atomic E-state index is 13.4. The highest BCUT2D eigenvalue weighted by molar-refractivity contribution is 6.30. The molecule has 1 saturated carbocycles. The Morgan fingerprint density at radius 1 is 1.15 bits per heavy atom. The molecule has 176 valence electrons. The molecule has 2 heterocycles. The summed E-state index contributed by atoms with van der Waals surface area (Å²) in [5.41, 5.74) is 0.735. The third-order valence-corrected chi connectivity index (χ3v) is 5.79. The van der Waals surface area contributed by atoms with Gasteiger partial charge in [-0.25, -0.2) is 15.0 Å². The SMILES string of the molecule is CN(C)N(C(=O)C1CCCCC1)c1cc(O)cc2cc(C(=O)Nc3ccc(Cl)cn3)oc12.Cl. The normalized spacial score (nSPS) is 14.2. The van der Waals surface area contributed by atoms with Gasteiger partial charge in [-0.1, -0.05) is 30.9 Å². The van der Waals surface area contributed by atoms with E-state index < -0.39 is 5.91 Å². The molecule has 1 aliphatic carbocycles. The molecule has 0 radical (unpaired) electrons. The van der Waals surface area contributed by atoms with E-state index in [0.29, 0.717) is 27.5 Å². The summed E-state index contributed by atoms with van der Waals surface area (Å²) in [5.74, 6) is -0.302. The topological polar surface area (TPSA) is 98.9 Å². The van der Waals surface area contributed by atoms with Gasteiger partial charge in [-0.15, -0.1) is 12.4 Å². The van der Waals surface area contributed by atoms with Gasteiger partial charge in [0, 0.05) is 37.7 Å². The Morgan fingerprint density at radius 2 is 1.88 bits per heavy atom. The predicted molar refractivity (Wildman–Crippen MR) is 130 cm³/mol. The molecule has 3 aromatic rings. The zero-order valence-electron chi connectivity index (χ0n) is 18.4. The molecule has 0 spiro atoms. The van der Waals surface area contributed by atoms with E-state index in [2.05, 4.69) is 10.3 Å². The Hall–Kier alpha value is -2.81. The highest BCUT2D eigenvalue weighted by Crippen LogP contribution is 2.36. The fourth-order valence-electron chi connectivity index (χ4n) is 4.07. The van der Waals surface area contributed by atoms with Crippen LogP contribution in [0.2, 0.25) is 5.02 Å². The van der Waals surface area contributed by atoms with E-state index in [4.69, 9.17) is 16.0 Å². The van der Waals surface area contributed by atoms with Gasteiger partial charge in [0.2, 0.25) is 5.91 Å². The molecular weight excluding hydrogens is 467 g/mol. The Morgan fingerprint density at radius 3 is 2.52 bits per heavy atom. The van der Waals surface area contributed by atoms with Gasteiger partial charge in [0.15, 0.2) is 11.3 Å². The lowest BCUT2D eigenvalue weighted by Crippen LogP contribution is -2.45. The van der Waals surface area contributed by atoms with Crippen molar-refractivity contribution in [3.05, 3.63) is 47.3 Å². The Balaban J connectivity index is 0.00000306. The molecule has 2 aromatic heterocycles. The number of benzene rings is 1. The van der Waals surface area contributed by atoms with Crippen LogP contribution in [0.3, 0.4) is 0 Å². The molecule has 8 nitrogen and oxygen atoms in total. The van der Waals surface area contributed by atoms with Gasteiger partial charge in [0.05, 0.1) is 5.02 Å². The van der Waals surface area contributed by atoms with Crippen molar-refractivity contribution in [2.75, 3.05) is 24.4 Å². The lowest BCUT2D eigenvalue weighted by atomic mass is 9.88. The second kappa shape index (κ2) is 10.4. The van der Waals surface area contributed by atoms with E-state index >= 15 is 0 Å². The second-order valence-corrected chi connectivity index (χ2v) is 8.58. The third-order valence-electron chi connectivity index (χ3n) is 5.57. The number of anilines is 2. The lowest BCUT2D eigenvalue weighted by Gasteiger charge is -2.33. The van der Waals surface area contributed by atoms with Gasteiger partial charge < -0.3 is 14.8 Å². The molecular formula is C23H26Cl2N4O4. The van der Waals surface area contributed by atoms with Crippen molar-refractivity contribution in [2.24, 2.45) is 5.92 Å². The van der Waals surface area contributed by atoms with Crippen molar-refractivity contribution in [3.8, 4) is 5.75 Å². The summed E-state index contributed by atoms with van der Waals surface area (Å²) in [7, 11) is 3.53. The average molecular weight is 493 g/mol. The first-order valence-electron chi connectivity index (χ1n) is 10.5. The predicted octanol–water partition coefficient (Wildman–Crippen LogP) is 5.25. The Labute approximate surface area is 202 Å². The summed E-state index contributed by atoms with van der Waals surface area (Å²) in [6.07, 6.45) is 6.29. The van der Waals surface area contributed by atoms with Crippen molar-refractivity contribution in [1.82, 2.24) is 9.99 Å². The van der Waals surface area contributed by atoms with Crippen molar-refractivity contribution in [1.29, 1.82) is 0 Å². The summed E-state index contributed by atoms with van der Waals surface area (Å²) < 4.78 is 5.88. The maximum atomic E-state index is 13.4. The number of furan rings is 1. The molecule has 1 fully saturated rings. The zero-order chi connectivity index (χ0) is 22.8. The van der Waals surface area contributed by atoms with Gasteiger partial charge >= 0.3 is 0 Å². The first kappa shape index (κ1) is 24.8. The maximum Gasteiger partial charge on any atom is 0.292 e. The number of rotatable bonds is 5. The number of phenolic OH excluding ortho intramolecular Hbond substituents is 1. The quantitative estimate of drug-likeness (QED) is 0.471. The van der Waals surface area contributed by atoms with Crippen molar-refractivity contribution in [2.45, 2.75) is 32.1 Å². The standard InChI is InChI=1S/C23H25ClN4O4.ClH/c1-27(2)28(23(31)14-6-4-3-5-7-14)18-12-17(29)10-15-11-19(32-21(15)18)22(30)26-20-9-8-16(24)13-25-20;/h8-14,29H,3-7H2,1-2H3,(H,25,26,30);1H. The molecule has 0 atom stereocenters. The molecule has 4 rings (SSSR count). The number of aromatic nitrogens is 1. The molecule has 1 aliphatic rings. The number of hydrazine groups is 1. The number of nitrogens with zero attached hydrogens (tertiary/aromatic N) is 3. The number of carbonyl (C=O) groups excluding carboxylic acids is 2. The summed E-state index contributed by atoms with van der Waals surface area (Å²) in [6, 6.07) is 7.71. The number of nitrogens with one attached hydrogen (secondary N) is 1. The third kappa shape index (κ3) is 5.40. The smallest absolute Gasteiger partial charge is 0.292 e. The Kier molecular flexibility index (Phi) is 7.84. The molecule has 2 N–H and O–H groups in total. The molecule has 0 aliphatic heterocycles. The highest BCUT2D eigenvalue weighted by Gasteiger charge is 2.31. The molecule has 2 amide bonds.